The van der Waals surface area contributed by atoms with Gasteiger partial charge in [0, 0.05) is 17.2 Å². The molecule has 3 heteroatoms. The lowest BCUT2D eigenvalue weighted by Gasteiger charge is -2.09. The van der Waals surface area contributed by atoms with Gasteiger partial charge in [-0.15, -0.1) is 11.8 Å². The summed E-state index contributed by atoms with van der Waals surface area (Å²) in [5.74, 6) is 1.92. The van der Waals surface area contributed by atoms with Crippen LogP contribution in [-0.4, -0.2) is 11.7 Å². The van der Waals surface area contributed by atoms with Crippen LogP contribution in [0.25, 0.3) is 0 Å². The van der Waals surface area contributed by atoms with E-state index in [1.54, 1.807) is 12.1 Å². The summed E-state index contributed by atoms with van der Waals surface area (Å²) in [6.07, 6.45) is 0. The van der Waals surface area contributed by atoms with Crippen molar-refractivity contribution >= 4 is 11.8 Å². The quantitative estimate of drug-likeness (QED) is 0.742. The van der Waals surface area contributed by atoms with Crippen LogP contribution in [0.3, 0.4) is 0 Å². The van der Waals surface area contributed by atoms with Crippen LogP contribution in [0.1, 0.15) is 25.0 Å². The van der Waals surface area contributed by atoms with E-state index in [1.807, 2.05) is 23.9 Å². The molecule has 2 N–H and O–H groups in total. The Morgan fingerprint density at radius 3 is 2.52 bits per heavy atom. The Kier molecular flexibility index (Phi) is 6.15. The zero-order valence-electron chi connectivity index (χ0n) is 12.7. The fourth-order valence-electron chi connectivity index (χ4n) is 2.01. The second kappa shape index (κ2) is 8.11. The molecule has 0 bridgehead atoms. The third kappa shape index (κ3) is 5.82. The van der Waals surface area contributed by atoms with Crippen LogP contribution in [0.4, 0.5) is 0 Å². The third-order valence-corrected chi connectivity index (χ3v) is 4.19. The Bertz CT molecular complexity index is 551. The van der Waals surface area contributed by atoms with Crippen molar-refractivity contribution in [2.75, 3.05) is 6.54 Å². The number of phenols is 1. The molecule has 0 aliphatic rings. The number of benzene rings is 2. The predicted octanol–water partition coefficient (Wildman–Crippen LogP) is 4.43. The van der Waals surface area contributed by atoms with Gasteiger partial charge >= 0.3 is 0 Å². The maximum atomic E-state index is 9.29. The molecule has 0 aromatic heterocycles. The zero-order valence-corrected chi connectivity index (χ0v) is 13.5. The molecule has 112 valence electrons. The molecular formula is C18H23NOS. The lowest BCUT2D eigenvalue weighted by Crippen LogP contribution is -2.18. The van der Waals surface area contributed by atoms with Gasteiger partial charge < -0.3 is 10.4 Å². The van der Waals surface area contributed by atoms with Gasteiger partial charge in [0.2, 0.25) is 0 Å². The van der Waals surface area contributed by atoms with Gasteiger partial charge in [-0.2, -0.15) is 0 Å². The number of rotatable bonds is 7. The number of aromatic hydroxyl groups is 1. The highest BCUT2D eigenvalue weighted by molar-refractivity contribution is 7.98. The van der Waals surface area contributed by atoms with Gasteiger partial charge in [-0.1, -0.05) is 38.1 Å². The van der Waals surface area contributed by atoms with Crippen molar-refractivity contribution in [3.8, 4) is 5.75 Å². The summed E-state index contributed by atoms with van der Waals surface area (Å²) in [7, 11) is 0. The summed E-state index contributed by atoms with van der Waals surface area (Å²) in [5.41, 5.74) is 2.55. The highest BCUT2D eigenvalue weighted by atomic mass is 32.2. The molecule has 0 aliphatic carbocycles. The van der Waals surface area contributed by atoms with Crippen molar-refractivity contribution in [3.05, 3.63) is 59.7 Å². The number of hydrogen-bond acceptors (Lipinski definition) is 3. The highest BCUT2D eigenvalue weighted by Crippen LogP contribution is 2.24. The van der Waals surface area contributed by atoms with E-state index in [0.29, 0.717) is 11.7 Å². The molecule has 0 radical (unpaired) electrons. The number of nitrogens with one attached hydrogen (secondary N) is 1. The van der Waals surface area contributed by atoms with Gasteiger partial charge in [0.05, 0.1) is 0 Å². The Balaban J connectivity index is 1.87. The van der Waals surface area contributed by atoms with Crippen LogP contribution in [0.15, 0.2) is 53.4 Å². The van der Waals surface area contributed by atoms with Crippen LogP contribution >= 0.6 is 11.8 Å². The number of phenolic OH excluding ortho intramolecular Hbond substituents is 1. The van der Waals surface area contributed by atoms with Gasteiger partial charge in [-0.05, 0) is 47.9 Å². The van der Waals surface area contributed by atoms with Crippen LogP contribution < -0.4 is 5.32 Å². The number of hydrogen-bond donors (Lipinski definition) is 2. The zero-order chi connectivity index (χ0) is 15.1. The Morgan fingerprint density at radius 1 is 1.05 bits per heavy atom. The van der Waals surface area contributed by atoms with E-state index in [9.17, 15) is 5.11 Å². The van der Waals surface area contributed by atoms with E-state index in [4.69, 9.17) is 0 Å². The first-order valence-corrected chi connectivity index (χ1v) is 8.32. The van der Waals surface area contributed by atoms with Gasteiger partial charge in [-0.25, -0.2) is 0 Å². The molecule has 0 heterocycles. The predicted molar refractivity (Wildman–Crippen MR) is 90.7 cm³/mol. The molecule has 0 unspecified atom stereocenters. The lowest BCUT2D eigenvalue weighted by molar-refractivity contribution is 0.475. The van der Waals surface area contributed by atoms with E-state index < -0.39 is 0 Å². The Morgan fingerprint density at radius 2 is 1.81 bits per heavy atom. The van der Waals surface area contributed by atoms with E-state index in [2.05, 4.69) is 43.4 Å². The van der Waals surface area contributed by atoms with Crippen molar-refractivity contribution < 1.29 is 5.11 Å². The molecule has 0 aliphatic heterocycles. The minimum atomic E-state index is 0.321. The molecule has 0 saturated carbocycles. The molecular weight excluding hydrogens is 278 g/mol. The smallest absolute Gasteiger partial charge is 0.115 e. The molecule has 2 aromatic rings. The van der Waals surface area contributed by atoms with Crippen LogP contribution in [0.2, 0.25) is 0 Å². The second-order valence-electron chi connectivity index (χ2n) is 5.63. The summed E-state index contributed by atoms with van der Waals surface area (Å²) in [6, 6.07) is 16.1. The molecule has 2 aromatic carbocycles. The number of thioether (sulfide) groups is 1. The van der Waals surface area contributed by atoms with Crippen LogP contribution in [0.5, 0.6) is 5.75 Å². The summed E-state index contributed by atoms with van der Waals surface area (Å²) in [4.78, 5) is 1.28. The van der Waals surface area contributed by atoms with Crippen molar-refractivity contribution in [2.45, 2.75) is 31.0 Å². The van der Waals surface area contributed by atoms with Gasteiger partial charge in [0.1, 0.15) is 5.75 Å². The monoisotopic (exact) mass is 301 g/mol. The fourth-order valence-corrected chi connectivity index (χ4v) is 2.94. The van der Waals surface area contributed by atoms with Crippen LogP contribution in [-0.2, 0) is 12.3 Å². The molecule has 2 rings (SSSR count). The van der Waals surface area contributed by atoms with Crippen LogP contribution in [0, 0.1) is 5.92 Å². The standard InChI is InChI=1S/C18H23NOS/c1-14(2)11-19-12-16-4-3-5-18(10-16)21-13-15-6-8-17(20)9-7-15/h3-10,14,19-20H,11-13H2,1-2H3. The first-order chi connectivity index (χ1) is 10.1. The van der Waals surface area contributed by atoms with E-state index in [0.717, 1.165) is 18.8 Å². The molecule has 2 nitrogen and oxygen atoms in total. The summed E-state index contributed by atoms with van der Waals surface area (Å²) < 4.78 is 0. The lowest BCUT2D eigenvalue weighted by atomic mass is 10.2. The maximum Gasteiger partial charge on any atom is 0.115 e. The fraction of sp³-hybridized carbons (Fsp3) is 0.333. The normalized spacial score (nSPS) is 11.0. The first kappa shape index (κ1) is 15.9. The Hall–Kier alpha value is -1.45. The SMILES string of the molecule is CC(C)CNCc1cccc(SCc2ccc(O)cc2)c1. The largest absolute Gasteiger partial charge is 0.508 e. The highest BCUT2D eigenvalue weighted by Gasteiger charge is 2.00. The summed E-state index contributed by atoms with van der Waals surface area (Å²) in [5, 5.41) is 12.8. The third-order valence-electron chi connectivity index (χ3n) is 3.12. The van der Waals surface area contributed by atoms with Crippen molar-refractivity contribution in [1.82, 2.24) is 5.32 Å². The topological polar surface area (TPSA) is 32.3 Å². The van der Waals surface area contributed by atoms with Crippen molar-refractivity contribution in [1.29, 1.82) is 0 Å². The average molecular weight is 301 g/mol. The second-order valence-corrected chi connectivity index (χ2v) is 6.68. The van der Waals surface area contributed by atoms with Gasteiger partial charge in [0.25, 0.3) is 0 Å². The van der Waals surface area contributed by atoms with Gasteiger partial charge in [-0.3, -0.25) is 0 Å². The molecule has 0 amide bonds. The van der Waals surface area contributed by atoms with E-state index in [1.165, 1.54) is 16.0 Å². The average Bonchev–Trinajstić information content (AvgIpc) is 2.47. The Labute approximate surface area is 131 Å². The molecule has 0 atom stereocenters. The maximum absolute atomic E-state index is 9.29. The summed E-state index contributed by atoms with van der Waals surface area (Å²) >= 11 is 1.82. The summed E-state index contributed by atoms with van der Waals surface area (Å²) in [6.45, 7) is 6.41. The van der Waals surface area contributed by atoms with Crippen molar-refractivity contribution in [3.63, 3.8) is 0 Å². The first-order valence-electron chi connectivity index (χ1n) is 7.34. The van der Waals surface area contributed by atoms with E-state index in [-0.39, 0.29) is 0 Å². The molecule has 21 heavy (non-hydrogen) atoms. The minimum absolute atomic E-state index is 0.321. The van der Waals surface area contributed by atoms with E-state index >= 15 is 0 Å². The van der Waals surface area contributed by atoms with Gasteiger partial charge in [0.15, 0.2) is 0 Å². The van der Waals surface area contributed by atoms with Crippen molar-refractivity contribution in [2.24, 2.45) is 5.92 Å². The minimum Gasteiger partial charge on any atom is -0.508 e. The molecule has 0 spiro atoms. The molecule has 0 fully saturated rings. The molecule has 0 saturated heterocycles.